The average molecular weight is 305 g/mol. The molecule has 23 heavy (non-hydrogen) atoms. The third kappa shape index (κ3) is 2.53. The monoisotopic (exact) mass is 305 g/mol. The lowest BCUT2D eigenvalue weighted by molar-refractivity contribution is -0.0343. The summed E-state index contributed by atoms with van der Waals surface area (Å²) >= 11 is 0. The summed E-state index contributed by atoms with van der Waals surface area (Å²) in [6.07, 6.45) is 4.89. The molecule has 0 amide bonds. The van der Waals surface area contributed by atoms with Crippen LogP contribution in [0.15, 0.2) is 60.7 Å². The summed E-state index contributed by atoms with van der Waals surface area (Å²) in [6, 6.07) is 15.9. The Hall–Kier alpha value is -3.21. The minimum absolute atomic E-state index is 0.284. The van der Waals surface area contributed by atoms with Crippen LogP contribution >= 0.6 is 0 Å². The summed E-state index contributed by atoms with van der Waals surface area (Å²) in [7, 11) is 0. The summed E-state index contributed by atoms with van der Waals surface area (Å²) < 4.78 is 10.9. The summed E-state index contributed by atoms with van der Waals surface area (Å²) in [4.78, 5) is 0. The summed E-state index contributed by atoms with van der Waals surface area (Å²) in [5.74, 6) is 0.284. The van der Waals surface area contributed by atoms with Crippen LogP contribution in [-0.4, -0.2) is 10.2 Å². The van der Waals surface area contributed by atoms with Gasteiger partial charge < -0.3 is 15.2 Å². The van der Waals surface area contributed by atoms with Crippen molar-refractivity contribution >= 4 is 23.1 Å². The van der Waals surface area contributed by atoms with E-state index in [9.17, 15) is 0 Å². The number of aromatic amines is 1. The van der Waals surface area contributed by atoms with Gasteiger partial charge in [-0.25, -0.2) is 0 Å². The van der Waals surface area contributed by atoms with E-state index in [4.69, 9.17) is 15.2 Å². The standard InChI is InChI=1S/C18H15N3O2/c19-17-11-22-18(23-17)13-6-2-1-5-12(13)9-10-16-14-7-3-4-8-15(14)20-21-16/h1-11,18H,19H2,(H,20,21)/b10-9+. The van der Waals surface area contributed by atoms with Crippen molar-refractivity contribution < 1.29 is 9.47 Å². The SMILES string of the molecule is NC1=COC(c2ccccc2/C=C/c2n[nH]c3ccccc23)O1. The number of benzene rings is 2. The predicted molar refractivity (Wildman–Crippen MR) is 88.6 cm³/mol. The number of fused-ring (bicyclic) bond motifs is 1. The van der Waals surface area contributed by atoms with E-state index in [1.807, 2.05) is 60.7 Å². The molecule has 1 unspecified atom stereocenters. The van der Waals surface area contributed by atoms with E-state index < -0.39 is 6.29 Å². The maximum atomic E-state index is 5.61. The molecule has 0 spiro atoms. The highest BCUT2D eigenvalue weighted by Gasteiger charge is 2.21. The maximum Gasteiger partial charge on any atom is 0.269 e. The Balaban J connectivity index is 1.66. The fraction of sp³-hybridized carbons (Fsp3) is 0.0556. The quantitative estimate of drug-likeness (QED) is 0.776. The van der Waals surface area contributed by atoms with Crippen LogP contribution in [-0.2, 0) is 9.47 Å². The van der Waals surface area contributed by atoms with Gasteiger partial charge in [0.1, 0.15) is 6.26 Å². The molecule has 1 atom stereocenters. The first kappa shape index (κ1) is 13.5. The molecule has 0 fully saturated rings. The molecule has 3 N–H and O–H groups in total. The molecule has 5 nitrogen and oxygen atoms in total. The lowest BCUT2D eigenvalue weighted by atomic mass is 10.1. The Morgan fingerprint density at radius 3 is 2.74 bits per heavy atom. The van der Waals surface area contributed by atoms with Crippen molar-refractivity contribution in [3.8, 4) is 0 Å². The number of nitrogens with zero attached hydrogens (tertiary/aromatic N) is 1. The molecule has 1 aliphatic rings. The maximum absolute atomic E-state index is 5.61. The number of H-pyrrole nitrogens is 1. The van der Waals surface area contributed by atoms with Gasteiger partial charge in [0.15, 0.2) is 0 Å². The number of ether oxygens (including phenoxy) is 2. The minimum Gasteiger partial charge on any atom is -0.453 e. The number of hydrogen-bond acceptors (Lipinski definition) is 4. The number of nitrogens with one attached hydrogen (secondary N) is 1. The van der Waals surface area contributed by atoms with E-state index in [0.717, 1.165) is 27.7 Å². The zero-order valence-corrected chi connectivity index (χ0v) is 12.3. The smallest absolute Gasteiger partial charge is 0.269 e. The second kappa shape index (κ2) is 5.53. The number of aromatic nitrogens is 2. The van der Waals surface area contributed by atoms with Crippen molar-refractivity contribution in [3.63, 3.8) is 0 Å². The second-order valence-corrected chi connectivity index (χ2v) is 5.22. The van der Waals surface area contributed by atoms with Gasteiger partial charge in [0.25, 0.3) is 6.29 Å². The molecule has 3 aromatic rings. The van der Waals surface area contributed by atoms with Gasteiger partial charge in [-0.15, -0.1) is 0 Å². The number of para-hydroxylation sites is 1. The van der Waals surface area contributed by atoms with E-state index in [1.165, 1.54) is 6.26 Å². The van der Waals surface area contributed by atoms with Crippen LogP contribution in [0.3, 0.4) is 0 Å². The molecular weight excluding hydrogens is 290 g/mol. The van der Waals surface area contributed by atoms with Crippen LogP contribution in [0.4, 0.5) is 0 Å². The minimum atomic E-state index is -0.508. The molecule has 1 aromatic heterocycles. The Morgan fingerprint density at radius 2 is 1.87 bits per heavy atom. The van der Waals surface area contributed by atoms with Gasteiger partial charge in [-0.1, -0.05) is 48.5 Å². The number of nitrogens with two attached hydrogens (primary N) is 1. The third-order valence-electron chi connectivity index (χ3n) is 3.72. The molecule has 0 aliphatic carbocycles. The van der Waals surface area contributed by atoms with E-state index in [0.29, 0.717) is 0 Å². The van der Waals surface area contributed by atoms with Gasteiger partial charge in [0.05, 0.1) is 11.2 Å². The van der Waals surface area contributed by atoms with Crippen molar-refractivity contribution in [2.75, 3.05) is 0 Å². The van der Waals surface area contributed by atoms with E-state index in [-0.39, 0.29) is 5.88 Å². The molecule has 2 heterocycles. The largest absolute Gasteiger partial charge is 0.453 e. The summed E-state index contributed by atoms with van der Waals surface area (Å²) in [5.41, 5.74) is 9.42. The number of hydrogen-bond donors (Lipinski definition) is 2. The van der Waals surface area contributed by atoms with Gasteiger partial charge in [0, 0.05) is 10.9 Å². The lowest BCUT2D eigenvalue weighted by Crippen LogP contribution is -2.04. The number of rotatable bonds is 3. The predicted octanol–water partition coefficient (Wildman–Crippen LogP) is 3.54. The Kier molecular flexibility index (Phi) is 3.24. The Morgan fingerprint density at radius 1 is 1.04 bits per heavy atom. The van der Waals surface area contributed by atoms with Crippen molar-refractivity contribution in [1.82, 2.24) is 10.2 Å². The van der Waals surface area contributed by atoms with Gasteiger partial charge in [-0.05, 0) is 17.7 Å². The highest BCUT2D eigenvalue weighted by atomic mass is 16.7. The Bertz CT molecular complexity index is 911. The van der Waals surface area contributed by atoms with Crippen LogP contribution in [0.25, 0.3) is 23.1 Å². The third-order valence-corrected chi connectivity index (χ3v) is 3.72. The normalized spacial score (nSPS) is 17.2. The molecular formula is C18H15N3O2. The topological polar surface area (TPSA) is 73.2 Å². The van der Waals surface area contributed by atoms with Crippen LogP contribution in [0, 0.1) is 0 Å². The van der Waals surface area contributed by atoms with E-state index in [2.05, 4.69) is 10.2 Å². The van der Waals surface area contributed by atoms with Crippen LogP contribution < -0.4 is 5.73 Å². The fourth-order valence-electron chi connectivity index (χ4n) is 2.60. The Labute approximate surface area is 133 Å². The molecule has 1 aliphatic heterocycles. The van der Waals surface area contributed by atoms with Gasteiger partial charge in [-0.3, -0.25) is 5.10 Å². The first-order chi connectivity index (χ1) is 11.3. The van der Waals surface area contributed by atoms with Crippen molar-refractivity contribution in [2.45, 2.75) is 6.29 Å². The first-order valence-electron chi connectivity index (χ1n) is 7.29. The molecule has 114 valence electrons. The highest BCUT2D eigenvalue weighted by molar-refractivity contribution is 5.89. The molecule has 0 radical (unpaired) electrons. The zero-order valence-electron chi connectivity index (χ0n) is 12.3. The average Bonchev–Trinajstić information content (AvgIpc) is 3.19. The van der Waals surface area contributed by atoms with E-state index in [1.54, 1.807) is 0 Å². The summed E-state index contributed by atoms with van der Waals surface area (Å²) in [5, 5.41) is 8.45. The molecule has 5 heteroatoms. The summed E-state index contributed by atoms with van der Waals surface area (Å²) in [6.45, 7) is 0. The van der Waals surface area contributed by atoms with Crippen LogP contribution in [0.2, 0.25) is 0 Å². The van der Waals surface area contributed by atoms with Crippen LogP contribution in [0.1, 0.15) is 23.1 Å². The second-order valence-electron chi connectivity index (χ2n) is 5.22. The molecule has 2 aromatic carbocycles. The first-order valence-corrected chi connectivity index (χ1v) is 7.29. The van der Waals surface area contributed by atoms with Gasteiger partial charge in [0.2, 0.25) is 5.88 Å². The van der Waals surface area contributed by atoms with Crippen molar-refractivity contribution in [3.05, 3.63) is 77.5 Å². The van der Waals surface area contributed by atoms with Gasteiger partial charge >= 0.3 is 0 Å². The molecule has 0 saturated heterocycles. The molecule has 4 rings (SSSR count). The highest BCUT2D eigenvalue weighted by Crippen LogP contribution is 2.30. The molecule has 0 bridgehead atoms. The fourth-order valence-corrected chi connectivity index (χ4v) is 2.60. The van der Waals surface area contributed by atoms with Crippen LogP contribution in [0.5, 0.6) is 0 Å². The van der Waals surface area contributed by atoms with Crippen molar-refractivity contribution in [2.24, 2.45) is 5.73 Å². The zero-order chi connectivity index (χ0) is 15.6. The van der Waals surface area contributed by atoms with E-state index >= 15 is 0 Å². The molecule has 0 saturated carbocycles. The lowest BCUT2D eigenvalue weighted by Gasteiger charge is -2.13. The van der Waals surface area contributed by atoms with Crippen molar-refractivity contribution in [1.29, 1.82) is 0 Å². The van der Waals surface area contributed by atoms with Gasteiger partial charge in [-0.2, -0.15) is 5.10 Å².